The van der Waals surface area contributed by atoms with E-state index in [2.05, 4.69) is 15.3 Å². The standard InChI is InChI=1S/C23H25ClN4O3S/c24-17-3-1-4-18(13-17)28-20(21-5-2-9-31-21)14-19(26-28)22(29)25-15-23(6-12-32-16-23)27-7-10-30-11-8-27/h1-5,9,13-14H,6-8,10-12,15-16H2,(H,25,29). The smallest absolute Gasteiger partial charge is 0.271 e. The third-order valence-electron chi connectivity index (χ3n) is 6.11. The molecule has 0 aliphatic carbocycles. The van der Waals surface area contributed by atoms with Crippen LogP contribution in [0.3, 0.4) is 0 Å². The van der Waals surface area contributed by atoms with Crippen LogP contribution in [0.25, 0.3) is 17.1 Å². The van der Waals surface area contributed by atoms with Crippen molar-refractivity contribution in [2.45, 2.75) is 12.0 Å². The van der Waals surface area contributed by atoms with Crippen LogP contribution in [-0.2, 0) is 4.74 Å². The van der Waals surface area contributed by atoms with Crippen LogP contribution in [0.4, 0.5) is 0 Å². The largest absolute Gasteiger partial charge is 0.463 e. The van der Waals surface area contributed by atoms with Crippen LogP contribution >= 0.6 is 23.4 Å². The van der Waals surface area contributed by atoms with Crippen LogP contribution < -0.4 is 5.32 Å². The fraction of sp³-hybridized carbons (Fsp3) is 0.391. The number of amides is 1. The molecule has 1 aromatic carbocycles. The van der Waals surface area contributed by atoms with Gasteiger partial charge in [0.15, 0.2) is 11.5 Å². The number of nitrogens with zero attached hydrogens (tertiary/aromatic N) is 3. The average molecular weight is 473 g/mol. The van der Waals surface area contributed by atoms with Gasteiger partial charge in [-0.05, 0) is 42.5 Å². The highest BCUT2D eigenvalue weighted by Gasteiger charge is 2.41. The summed E-state index contributed by atoms with van der Waals surface area (Å²) in [5.41, 5.74) is 1.78. The van der Waals surface area contributed by atoms with Gasteiger partial charge in [0.2, 0.25) is 0 Å². The van der Waals surface area contributed by atoms with Gasteiger partial charge in [-0.25, -0.2) is 4.68 Å². The number of carbonyl (C=O) groups is 1. The lowest BCUT2D eigenvalue weighted by Crippen LogP contribution is -2.59. The maximum Gasteiger partial charge on any atom is 0.271 e. The van der Waals surface area contributed by atoms with Gasteiger partial charge in [-0.2, -0.15) is 16.9 Å². The second kappa shape index (κ2) is 9.31. The zero-order valence-electron chi connectivity index (χ0n) is 17.6. The highest BCUT2D eigenvalue weighted by Crippen LogP contribution is 2.34. The summed E-state index contributed by atoms with van der Waals surface area (Å²) < 4.78 is 12.8. The zero-order chi connectivity index (χ0) is 22.0. The summed E-state index contributed by atoms with van der Waals surface area (Å²) in [4.78, 5) is 15.6. The Morgan fingerprint density at radius 3 is 2.81 bits per heavy atom. The monoisotopic (exact) mass is 472 g/mol. The van der Waals surface area contributed by atoms with Crippen molar-refractivity contribution in [2.24, 2.45) is 0 Å². The molecule has 3 aromatic rings. The molecule has 168 valence electrons. The molecule has 7 nitrogen and oxygen atoms in total. The molecule has 1 amide bonds. The highest BCUT2D eigenvalue weighted by atomic mass is 35.5. The Bertz CT molecular complexity index is 1070. The number of aromatic nitrogens is 2. The molecule has 2 aliphatic heterocycles. The number of carbonyl (C=O) groups excluding carboxylic acids is 1. The van der Waals surface area contributed by atoms with Crippen molar-refractivity contribution in [3.8, 4) is 17.1 Å². The first-order valence-corrected chi connectivity index (χ1v) is 12.3. The number of ether oxygens (including phenoxy) is 1. The number of rotatable bonds is 6. The van der Waals surface area contributed by atoms with E-state index in [1.165, 1.54) is 0 Å². The molecule has 1 N–H and O–H groups in total. The number of furan rings is 1. The third kappa shape index (κ3) is 4.32. The molecule has 2 aromatic heterocycles. The first kappa shape index (κ1) is 21.6. The van der Waals surface area contributed by atoms with Crippen LogP contribution in [0, 0.1) is 0 Å². The van der Waals surface area contributed by atoms with Gasteiger partial charge in [-0.3, -0.25) is 9.69 Å². The van der Waals surface area contributed by atoms with E-state index in [1.807, 2.05) is 42.1 Å². The Labute approximate surface area is 196 Å². The average Bonchev–Trinajstić information content (AvgIpc) is 3.59. The first-order valence-electron chi connectivity index (χ1n) is 10.7. The summed E-state index contributed by atoms with van der Waals surface area (Å²) in [5, 5.41) is 8.36. The Kier molecular flexibility index (Phi) is 6.28. The number of thioether (sulfide) groups is 1. The summed E-state index contributed by atoms with van der Waals surface area (Å²) in [7, 11) is 0. The minimum atomic E-state index is -0.192. The topological polar surface area (TPSA) is 72.5 Å². The van der Waals surface area contributed by atoms with E-state index in [1.54, 1.807) is 23.1 Å². The van der Waals surface area contributed by atoms with E-state index in [9.17, 15) is 4.79 Å². The van der Waals surface area contributed by atoms with Crippen LogP contribution in [0.15, 0.2) is 53.1 Å². The Morgan fingerprint density at radius 1 is 1.22 bits per heavy atom. The van der Waals surface area contributed by atoms with Gasteiger partial charge >= 0.3 is 0 Å². The fourth-order valence-electron chi connectivity index (χ4n) is 4.37. The zero-order valence-corrected chi connectivity index (χ0v) is 19.2. The predicted octanol–water partition coefficient (Wildman–Crippen LogP) is 3.72. The molecule has 2 saturated heterocycles. The van der Waals surface area contributed by atoms with Crippen molar-refractivity contribution < 1.29 is 13.9 Å². The molecule has 1 atom stereocenters. The van der Waals surface area contributed by atoms with Gasteiger partial charge in [0.25, 0.3) is 5.91 Å². The van der Waals surface area contributed by atoms with Gasteiger partial charge in [0, 0.05) is 42.0 Å². The van der Waals surface area contributed by atoms with E-state index in [0.29, 0.717) is 28.7 Å². The second-order valence-corrected chi connectivity index (χ2v) is 9.63. The molecule has 1 unspecified atom stereocenters. The molecule has 4 heterocycles. The van der Waals surface area contributed by atoms with E-state index >= 15 is 0 Å². The lowest BCUT2D eigenvalue weighted by molar-refractivity contribution is -0.0129. The molecule has 9 heteroatoms. The van der Waals surface area contributed by atoms with Crippen molar-refractivity contribution in [1.29, 1.82) is 0 Å². The summed E-state index contributed by atoms with van der Waals surface area (Å²) in [5.74, 6) is 2.57. The molecule has 0 radical (unpaired) electrons. The van der Waals surface area contributed by atoms with Crippen LogP contribution in [-0.4, -0.2) is 70.5 Å². The number of hydrogen-bond acceptors (Lipinski definition) is 6. The molecule has 2 fully saturated rings. The number of morpholine rings is 1. The lowest BCUT2D eigenvalue weighted by atomic mass is 9.95. The highest BCUT2D eigenvalue weighted by molar-refractivity contribution is 7.99. The quantitative estimate of drug-likeness (QED) is 0.589. The fourth-order valence-corrected chi connectivity index (χ4v) is 6.03. The summed E-state index contributed by atoms with van der Waals surface area (Å²) in [6, 6.07) is 12.8. The Morgan fingerprint density at radius 2 is 2.09 bits per heavy atom. The van der Waals surface area contributed by atoms with Gasteiger partial charge < -0.3 is 14.5 Å². The van der Waals surface area contributed by atoms with Crippen molar-refractivity contribution >= 4 is 29.3 Å². The van der Waals surface area contributed by atoms with Gasteiger partial charge in [0.1, 0.15) is 5.69 Å². The minimum absolute atomic E-state index is 0.0243. The molecule has 0 bridgehead atoms. The lowest BCUT2D eigenvalue weighted by Gasteiger charge is -2.43. The summed E-state index contributed by atoms with van der Waals surface area (Å²) >= 11 is 8.14. The summed E-state index contributed by atoms with van der Waals surface area (Å²) in [6.07, 6.45) is 2.67. The SMILES string of the molecule is O=C(NCC1(N2CCOCC2)CCSC1)c1cc(-c2ccco2)n(-c2cccc(Cl)c2)n1. The maximum absolute atomic E-state index is 13.2. The first-order chi connectivity index (χ1) is 15.6. The van der Waals surface area contributed by atoms with E-state index in [4.69, 9.17) is 20.8 Å². The van der Waals surface area contributed by atoms with E-state index < -0.39 is 0 Å². The van der Waals surface area contributed by atoms with Gasteiger partial charge in [-0.1, -0.05) is 17.7 Å². The van der Waals surface area contributed by atoms with Crippen molar-refractivity contribution in [3.05, 3.63) is 59.4 Å². The maximum atomic E-state index is 13.2. The molecular weight excluding hydrogens is 448 g/mol. The summed E-state index contributed by atoms with van der Waals surface area (Å²) in [6.45, 7) is 3.90. The number of halogens is 1. The van der Waals surface area contributed by atoms with Gasteiger partial charge in [-0.15, -0.1) is 0 Å². The minimum Gasteiger partial charge on any atom is -0.463 e. The third-order valence-corrected chi connectivity index (χ3v) is 7.58. The molecular formula is C23H25ClN4O3S. The number of nitrogens with one attached hydrogen (secondary N) is 1. The normalized spacial score (nSPS) is 21.7. The van der Waals surface area contributed by atoms with E-state index in [0.717, 1.165) is 49.9 Å². The predicted molar refractivity (Wildman–Crippen MR) is 126 cm³/mol. The van der Waals surface area contributed by atoms with Crippen molar-refractivity contribution in [3.63, 3.8) is 0 Å². The Balaban J connectivity index is 1.39. The Hall–Kier alpha value is -2.26. The molecule has 32 heavy (non-hydrogen) atoms. The van der Waals surface area contributed by atoms with Crippen LogP contribution in [0.5, 0.6) is 0 Å². The molecule has 2 aliphatic rings. The number of hydrogen-bond donors (Lipinski definition) is 1. The molecule has 0 spiro atoms. The molecule has 0 saturated carbocycles. The molecule has 5 rings (SSSR count). The van der Waals surface area contributed by atoms with Crippen molar-refractivity contribution in [1.82, 2.24) is 20.0 Å². The number of benzene rings is 1. The van der Waals surface area contributed by atoms with Crippen LogP contribution in [0.2, 0.25) is 5.02 Å². The van der Waals surface area contributed by atoms with Gasteiger partial charge in [0.05, 0.1) is 25.2 Å². The van der Waals surface area contributed by atoms with Crippen LogP contribution in [0.1, 0.15) is 16.9 Å². The van der Waals surface area contributed by atoms with Crippen molar-refractivity contribution in [2.75, 3.05) is 44.4 Å². The van der Waals surface area contributed by atoms with E-state index in [-0.39, 0.29) is 11.4 Å². The second-order valence-electron chi connectivity index (χ2n) is 8.09.